The van der Waals surface area contributed by atoms with Gasteiger partial charge in [0.15, 0.2) is 0 Å². The van der Waals surface area contributed by atoms with E-state index in [0.717, 1.165) is 6.61 Å². The molecule has 2 aromatic rings. The van der Waals surface area contributed by atoms with Gasteiger partial charge in [0.1, 0.15) is 0 Å². The maximum Gasteiger partial charge on any atom is 0.0721 e. The Hall–Kier alpha value is -2.42. The lowest BCUT2D eigenvalue weighted by atomic mass is 9.76. The molecule has 0 heterocycles. The van der Waals surface area contributed by atoms with E-state index in [0.29, 0.717) is 43.5 Å². The van der Waals surface area contributed by atoms with Crippen LogP contribution in [0.1, 0.15) is 17.5 Å². The molecule has 29 heavy (non-hydrogen) atoms. The average molecular weight is 385 g/mol. The third kappa shape index (κ3) is 4.14. The van der Waals surface area contributed by atoms with Gasteiger partial charge in [-0.15, -0.1) is 0 Å². The number of rotatable bonds is 8. The molecule has 3 aliphatic carbocycles. The van der Waals surface area contributed by atoms with Gasteiger partial charge in [-0.3, -0.25) is 0 Å². The molecule has 4 atom stereocenters. The van der Waals surface area contributed by atoms with Crippen LogP contribution in [0.5, 0.6) is 0 Å². The van der Waals surface area contributed by atoms with Gasteiger partial charge in [0.05, 0.1) is 26.4 Å². The summed E-state index contributed by atoms with van der Waals surface area (Å²) in [6.07, 6.45) is 11.0. The summed E-state index contributed by atoms with van der Waals surface area (Å²) < 4.78 is 12.2. The lowest BCUT2D eigenvalue weighted by Gasteiger charge is -2.30. The molecule has 2 heteroatoms. The molecule has 0 saturated carbocycles. The van der Waals surface area contributed by atoms with E-state index < -0.39 is 0 Å². The Labute approximate surface area is 173 Å². The van der Waals surface area contributed by atoms with E-state index in [1.54, 1.807) is 5.57 Å². The van der Waals surface area contributed by atoms with E-state index in [1.807, 2.05) is 12.1 Å². The highest BCUT2D eigenvalue weighted by molar-refractivity contribution is 5.42. The number of fused-ring (bicyclic) bond motifs is 4. The average Bonchev–Trinajstić information content (AvgIpc) is 3.31. The van der Waals surface area contributed by atoms with Gasteiger partial charge in [-0.1, -0.05) is 90.5 Å². The summed E-state index contributed by atoms with van der Waals surface area (Å²) in [4.78, 5) is 0. The lowest BCUT2D eigenvalue weighted by Crippen LogP contribution is -2.23. The van der Waals surface area contributed by atoms with Crippen LogP contribution < -0.4 is 0 Å². The fourth-order valence-corrected chi connectivity index (χ4v) is 5.05. The van der Waals surface area contributed by atoms with Gasteiger partial charge < -0.3 is 9.47 Å². The topological polar surface area (TPSA) is 18.5 Å². The summed E-state index contributed by atoms with van der Waals surface area (Å²) >= 11 is 0. The molecule has 0 aliphatic heterocycles. The van der Waals surface area contributed by atoms with Crippen molar-refractivity contribution in [2.45, 2.75) is 19.6 Å². The Balaban J connectivity index is 1.25. The monoisotopic (exact) mass is 384 g/mol. The van der Waals surface area contributed by atoms with Crippen LogP contribution in [-0.4, -0.2) is 13.2 Å². The Morgan fingerprint density at radius 1 is 0.724 bits per heavy atom. The second-order valence-electron chi connectivity index (χ2n) is 8.42. The Morgan fingerprint density at radius 2 is 1.41 bits per heavy atom. The van der Waals surface area contributed by atoms with Crippen molar-refractivity contribution in [3.05, 3.63) is 107 Å². The molecule has 5 rings (SSSR count). The third-order valence-corrected chi connectivity index (χ3v) is 6.38. The first-order chi connectivity index (χ1) is 14.4. The van der Waals surface area contributed by atoms with Crippen molar-refractivity contribution < 1.29 is 9.47 Å². The first-order valence-corrected chi connectivity index (χ1v) is 10.7. The molecule has 0 amide bonds. The number of hydrogen-bond acceptors (Lipinski definition) is 2. The quantitative estimate of drug-likeness (QED) is 0.542. The molecule has 0 spiro atoms. The molecular weight excluding hydrogens is 356 g/mol. The normalized spacial score (nSPS) is 26.9. The van der Waals surface area contributed by atoms with Crippen molar-refractivity contribution in [3.63, 3.8) is 0 Å². The van der Waals surface area contributed by atoms with E-state index in [9.17, 15) is 0 Å². The highest BCUT2D eigenvalue weighted by Gasteiger charge is 2.41. The van der Waals surface area contributed by atoms with E-state index in [1.165, 1.54) is 23.1 Å². The molecule has 0 saturated heterocycles. The van der Waals surface area contributed by atoms with Crippen LogP contribution in [0.3, 0.4) is 0 Å². The molecule has 0 radical (unpaired) electrons. The first kappa shape index (κ1) is 18.6. The first-order valence-electron chi connectivity index (χ1n) is 10.7. The van der Waals surface area contributed by atoms with Crippen LogP contribution in [0.15, 0.2) is 96.1 Å². The van der Waals surface area contributed by atoms with E-state index in [4.69, 9.17) is 9.47 Å². The Kier molecular flexibility index (Phi) is 5.47. The summed E-state index contributed by atoms with van der Waals surface area (Å²) in [5.41, 5.74) is 5.46. The fraction of sp³-hybridized carbons (Fsp3) is 0.333. The van der Waals surface area contributed by atoms with Crippen molar-refractivity contribution in [2.75, 3.05) is 13.2 Å². The van der Waals surface area contributed by atoms with Crippen molar-refractivity contribution in [1.82, 2.24) is 0 Å². The second-order valence-corrected chi connectivity index (χ2v) is 8.42. The van der Waals surface area contributed by atoms with Crippen molar-refractivity contribution in [2.24, 2.45) is 23.7 Å². The molecule has 3 aliphatic rings. The van der Waals surface area contributed by atoms with Gasteiger partial charge >= 0.3 is 0 Å². The predicted octanol–water partition coefficient (Wildman–Crippen LogP) is 5.72. The molecule has 0 unspecified atom stereocenters. The summed E-state index contributed by atoms with van der Waals surface area (Å²) in [5.74, 6) is 2.13. The molecule has 148 valence electrons. The minimum atomic E-state index is 0.379. The predicted molar refractivity (Wildman–Crippen MR) is 116 cm³/mol. The summed E-state index contributed by atoms with van der Waals surface area (Å²) in [7, 11) is 0. The van der Waals surface area contributed by atoms with Gasteiger partial charge in [0, 0.05) is 11.8 Å². The molecule has 0 N–H and O–H groups in total. The van der Waals surface area contributed by atoms with Crippen molar-refractivity contribution in [3.8, 4) is 0 Å². The van der Waals surface area contributed by atoms with Crippen LogP contribution in [-0.2, 0) is 22.7 Å². The maximum atomic E-state index is 6.12. The van der Waals surface area contributed by atoms with Gasteiger partial charge in [0.25, 0.3) is 0 Å². The Morgan fingerprint density at radius 3 is 2.14 bits per heavy atom. The van der Waals surface area contributed by atoms with Gasteiger partial charge in [-0.25, -0.2) is 0 Å². The minimum Gasteiger partial charge on any atom is -0.376 e. The molecule has 0 fully saturated rings. The zero-order valence-electron chi connectivity index (χ0n) is 16.7. The maximum absolute atomic E-state index is 6.12. The third-order valence-electron chi connectivity index (χ3n) is 6.38. The van der Waals surface area contributed by atoms with Crippen LogP contribution in [0.4, 0.5) is 0 Å². The zero-order chi connectivity index (χ0) is 19.5. The standard InChI is InChI=1S/C27H28O2/c1-3-7-20(8-4-1)16-28-18-24-15-25(19-29-17-21-9-5-2-6-10-21)27-23-12-11-22(13-23)14-26(24)27/h1-12,14-15,22-24,27H,13,16-19H2/t22-,23+,24-,27+/m0/s1. The highest BCUT2D eigenvalue weighted by atomic mass is 16.5. The molecular formula is C27H28O2. The van der Waals surface area contributed by atoms with E-state index in [-0.39, 0.29) is 0 Å². The smallest absolute Gasteiger partial charge is 0.0721 e. The molecule has 2 bridgehead atoms. The van der Waals surface area contributed by atoms with Crippen LogP contribution >= 0.6 is 0 Å². The van der Waals surface area contributed by atoms with Crippen molar-refractivity contribution in [1.29, 1.82) is 0 Å². The zero-order valence-corrected chi connectivity index (χ0v) is 16.7. The number of ether oxygens (including phenoxy) is 2. The fourth-order valence-electron chi connectivity index (χ4n) is 5.05. The number of allylic oxidation sites excluding steroid dienone is 3. The SMILES string of the molecule is C1=C[C@@H]2C[C@H]1C=C1[C@H]2C(COCc2ccccc2)=C[C@H]1COCc1ccccc1. The highest BCUT2D eigenvalue weighted by Crippen LogP contribution is 2.50. The number of benzene rings is 2. The van der Waals surface area contributed by atoms with Crippen LogP contribution in [0.25, 0.3) is 0 Å². The molecule has 0 aromatic heterocycles. The van der Waals surface area contributed by atoms with Gasteiger partial charge in [-0.05, 0) is 35.0 Å². The van der Waals surface area contributed by atoms with Crippen LogP contribution in [0, 0.1) is 23.7 Å². The lowest BCUT2D eigenvalue weighted by molar-refractivity contribution is 0.106. The van der Waals surface area contributed by atoms with Crippen LogP contribution in [0.2, 0.25) is 0 Å². The summed E-state index contributed by atoms with van der Waals surface area (Å²) in [5, 5.41) is 0. The largest absolute Gasteiger partial charge is 0.376 e. The van der Waals surface area contributed by atoms with Gasteiger partial charge in [0.2, 0.25) is 0 Å². The number of hydrogen-bond donors (Lipinski definition) is 0. The summed E-state index contributed by atoms with van der Waals surface area (Å²) in [6, 6.07) is 20.9. The second kappa shape index (κ2) is 8.52. The van der Waals surface area contributed by atoms with E-state index in [2.05, 4.69) is 72.8 Å². The van der Waals surface area contributed by atoms with E-state index >= 15 is 0 Å². The minimum absolute atomic E-state index is 0.379. The van der Waals surface area contributed by atoms with Gasteiger partial charge in [-0.2, -0.15) is 0 Å². The Bertz CT molecular complexity index is 910. The summed E-state index contributed by atoms with van der Waals surface area (Å²) in [6.45, 7) is 2.80. The molecule has 2 nitrogen and oxygen atoms in total. The van der Waals surface area contributed by atoms with Crippen molar-refractivity contribution >= 4 is 0 Å². The molecule has 2 aromatic carbocycles.